The van der Waals surface area contributed by atoms with Crippen molar-refractivity contribution in [3.8, 4) is 16.8 Å². The zero-order valence-corrected chi connectivity index (χ0v) is 13.2. The lowest BCUT2D eigenvalue weighted by atomic mass is 9.97. The Balaban J connectivity index is 2.27. The first-order valence-electron chi connectivity index (χ1n) is 7.57. The van der Waals surface area contributed by atoms with Gasteiger partial charge in [0, 0.05) is 18.8 Å². The third-order valence-electron chi connectivity index (χ3n) is 4.01. The highest BCUT2D eigenvalue weighted by atomic mass is 16.4. The first-order chi connectivity index (χ1) is 11.1. The summed E-state index contributed by atoms with van der Waals surface area (Å²) < 4.78 is 1.97. The van der Waals surface area contributed by atoms with Crippen molar-refractivity contribution in [1.82, 2.24) is 9.55 Å². The minimum absolute atomic E-state index is 0.317. The van der Waals surface area contributed by atoms with Gasteiger partial charge < -0.3 is 9.67 Å². The molecule has 0 fully saturated rings. The summed E-state index contributed by atoms with van der Waals surface area (Å²) >= 11 is 0. The van der Waals surface area contributed by atoms with Crippen LogP contribution in [0.4, 0.5) is 0 Å². The van der Waals surface area contributed by atoms with Crippen molar-refractivity contribution in [2.75, 3.05) is 0 Å². The van der Waals surface area contributed by atoms with Gasteiger partial charge in [-0.15, -0.1) is 0 Å². The van der Waals surface area contributed by atoms with Gasteiger partial charge in [0.2, 0.25) is 0 Å². The van der Waals surface area contributed by atoms with Gasteiger partial charge in [-0.25, -0.2) is 9.78 Å². The smallest absolute Gasteiger partial charge is 0.336 e. The second kappa shape index (κ2) is 6.08. The summed E-state index contributed by atoms with van der Waals surface area (Å²) in [5.41, 5.74) is 3.80. The summed E-state index contributed by atoms with van der Waals surface area (Å²) in [4.78, 5) is 16.0. The number of benzene rings is 2. The molecule has 0 saturated carbocycles. The number of carbonyl (C=O) groups is 1. The third kappa shape index (κ3) is 2.75. The Morgan fingerprint density at radius 2 is 1.91 bits per heavy atom. The largest absolute Gasteiger partial charge is 0.478 e. The predicted octanol–water partition coefficient (Wildman–Crippen LogP) is 4.11. The molecule has 4 nitrogen and oxygen atoms in total. The topological polar surface area (TPSA) is 55.1 Å². The van der Waals surface area contributed by atoms with E-state index in [4.69, 9.17) is 0 Å². The summed E-state index contributed by atoms with van der Waals surface area (Å²) in [5, 5.41) is 9.56. The van der Waals surface area contributed by atoms with E-state index in [-0.39, 0.29) is 0 Å². The molecule has 1 N–H and O–H groups in total. The number of carboxylic acid groups (broad SMARTS) is 1. The van der Waals surface area contributed by atoms with Gasteiger partial charge >= 0.3 is 5.97 Å². The number of nitrogens with zero attached hydrogens (tertiary/aromatic N) is 2. The van der Waals surface area contributed by atoms with Gasteiger partial charge in [0.25, 0.3) is 0 Å². The van der Waals surface area contributed by atoms with Crippen LogP contribution >= 0.6 is 0 Å². The lowest BCUT2D eigenvalue weighted by Crippen LogP contribution is -2.07. The van der Waals surface area contributed by atoms with E-state index in [9.17, 15) is 9.90 Å². The van der Waals surface area contributed by atoms with E-state index in [1.165, 1.54) is 0 Å². The normalized spacial score (nSPS) is 10.7. The Morgan fingerprint density at radius 3 is 2.57 bits per heavy atom. The molecular weight excluding hydrogens is 288 g/mol. The molecule has 0 aliphatic heterocycles. The van der Waals surface area contributed by atoms with E-state index in [1.54, 1.807) is 12.3 Å². The molecule has 0 atom stereocenters. The molecule has 2 aromatic carbocycles. The third-order valence-corrected chi connectivity index (χ3v) is 4.01. The summed E-state index contributed by atoms with van der Waals surface area (Å²) in [6.07, 6.45) is 4.40. The molecule has 1 aromatic heterocycles. The van der Waals surface area contributed by atoms with Gasteiger partial charge in [-0.3, -0.25) is 0 Å². The standard InChI is InChI=1S/C19H18N2O2/c1-3-18-20-9-10-21(18)17-12-15(14-7-5-4-6-8-14)11-16(13(17)2)19(22)23/h4-12H,3H2,1-2H3,(H,22,23). The molecule has 0 saturated heterocycles. The Morgan fingerprint density at radius 1 is 1.17 bits per heavy atom. The van der Waals surface area contributed by atoms with Crippen molar-refractivity contribution in [1.29, 1.82) is 0 Å². The number of rotatable bonds is 4. The van der Waals surface area contributed by atoms with Gasteiger partial charge in [0.1, 0.15) is 5.82 Å². The minimum atomic E-state index is -0.917. The van der Waals surface area contributed by atoms with Gasteiger partial charge in [-0.2, -0.15) is 0 Å². The molecule has 0 spiro atoms. The van der Waals surface area contributed by atoms with Crippen LogP contribution in [0, 0.1) is 6.92 Å². The fourth-order valence-electron chi connectivity index (χ4n) is 2.78. The predicted molar refractivity (Wildman–Crippen MR) is 90.1 cm³/mol. The average Bonchev–Trinajstić information content (AvgIpc) is 3.04. The molecular formula is C19H18N2O2. The molecule has 0 unspecified atom stereocenters. The van der Waals surface area contributed by atoms with Crippen molar-refractivity contribution < 1.29 is 9.90 Å². The fourth-order valence-corrected chi connectivity index (χ4v) is 2.78. The monoisotopic (exact) mass is 306 g/mol. The first kappa shape index (κ1) is 15.0. The van der Waals surface area contributed by atoms with Gasteiger partial charge in [-0.1, -0.05) is 37.3 Å². The number of carboxylic acids is 1. The molecule has 0 bridgehead atoms. The Kier molecular flexibility index (Phi) is 3.98. The van der Waals surface area contributed by atoms with Crippen molar-refractivity contribution in [3.63, 3.8) is 0 Å². The van der Waals surface area contributed by atoms with Crippen molar-refractivity contribution in [2.24, 2.45) is 0 Å². The Hall–Kier alpha value is -2.88. The number of aromatic nitrogens is 2. The average molecular weight is 306 g/mol. The van der Waals surface area contributed by atoms with Crippen molar-refractivity contribution in [2.45, 2.75) is 20.3 Å². The minimum Gasteiger partial charge on any atom is -0.478 e. The Labute approximate surface area is 135 Å². The Bertz CT molecular complexity index is 851. The van der Waals surface area contributed by atoms with Crippen LogP contribution in [0.5, 0.6) is 0 Å². The number of aryl methyl sites for hydroxylation is 1. The quantitative estimate of drug-likeness (QED) is 0.789. The van der Waals surface area contributed by atoms with E-state index in [0.29, 0.717) is 5.56 Å². The lowest BCUT2D eigenvalue weighted by molar-refractivity contribution is 0.0696. The highest BCUT2D eigenvalue weighted by Crippen LogP contribution is 2.28. The fraction of sp³-hybridized carbons (Fsp3) is 0.158. The molecule has 116 valence electrons. The summed E-state index contributed by atoms with van der Waals surface area (Å²) in [6, 6.07) is 13.6. The molecule has 4 heteroatoms. The van der Waals surface area contributed by atoms with E-state index >= 15 is 0 Å². The van der Waals surface area contributed by atoms with E-state index < -0.39 is 5.97 Å². The van der Waals surface area contributed by atoms with Gasteiger partial charge in [0.15, 0.2) is 0 Å². The number of hydrogen-bond donors (Lipinski definition) is 1. The molecule has 3 rings (SSSR count). The lowest BCUT2D eigenvalue weighted by Gasteiger charge is -2.15. The second-order valence-corrected chi connectivity index (χ2v) is 5.41. The first-order valence-corrected chi connectivity index (χ1v) is 7.57. The molecule has 23 heavy (non-hydrogen) atoms. The summed E-state index contributed by atoms with van der Waals surface area (Å²) in [7, 11) is 0. The second-order valence-electron chi connectivity index (χ2n) is 5.41. The number of imidazole rings is 1. The zero-order chi connectivity index (χ0) is 16.4. The molecule has 3 aromatic rings. The SMILES string of the molecule is CCc1nccn1-c1cc(-c2ccccc2)cc(C(=O)O)c1C. The van der Waals surface area contributed by atoms with E-state index in [1.807, 2.05) is 61.0 Å². The van der Waals surface area contributed by atoms with Crippen LogP contribution in [0.3, 0.4) is 0 Å². The van der Waals surface area contributed by atoms with Crippen molar-refractivity contribution in [3.05, 3.63) is 71.8 Å². The van der Waals surface area contributed by atoms with E-state index in [0.717, 1.165) is 34.6 Å². The van der Waals surface area contributed by atoms with Crippen LogP contribution in [0.25, 0.3) is 16.8 Å². The van der Waals surface area contributed by atoms with Crippen LogP contribution in [0.15, 0.2) is 54.9 Å². The van der Waals surface area contributed by atoms with Crippen LogP contribution in [-0.4, -0.2) is 20.6 Å². The van der Waals surface area contributed by atoms with Crippen LogP contribution in [-0.2, 0) is 6.42 Å². The molecule has 0 aliphatic carbocycles. The number of aromatic carboxylic acids is 1. The highest BCUT2D eigenvalue weighted by Gasteiger charge is 2.16. The maximum atomic E-state index is 11.7. The summed E-state index contributed by atoms with van der Waals surface area (Å²) in [6.45, 7) is 3.88. The van der Waals surface area contributed by atoms with Gasteiger partial charge in [-0.05, 0) is 35.7 Å². The molecule has 0 radical (unpaired) electrons. The van der Waals surface area contributed by atoms with Crippen LogP contribution in [0.1, 0.15) is 28.7 Å². The zero-order valence-electron chi connectivity index (χ0n) is 13.2. The molecule has 0 amide bonds. The van der Waals surface area contributed by atoms with Gasteiger partial charge in [0.05, 0.1) is 11.3 Å². The maximum absolute atomic E-state index is 11.7. The van der Waals surface area contributed by atoms with Crippen molar-refractivity contribution >= 4 is 5.97 Å². The molecule has 0 aliphatic rings. The summed E-state index contributed by atoms with van der Waals surface area (Å²) in [5.74, 6) is -0.00524. The number of hydrogen-bond acceptors (Lipinski definition) is 2. The van der Waals surface area contributed by atoms with E-state index in [2.05, 4.69) is 4.98 Å². The van der Waals surface area contributed by atoms with Crippen LogP contribution < -0.4 is 0 Å². The maximum Gasteiger partial charge on any atom is 0.336 e. The van der Waals surface area contributed by atoms with Crippen LogP contribution in [0.2, 0.25) is 0 Å². The highest BCUT2D eigenvalue weighted by molar-refractivity contribution is 5.92. The molecule has 1 heterocycles.